The summed E-state index contributed by atoms with van der Waals surface area (Å²) in [6.45, 7) is 3.28. The van der Waals surface area contributed by atoms with Crippen molar-refractivity contribution in [3.63, 3.8) is 0 Å². The smallest absolute Gasteiger partial charge is 0.334 e. The summed E-state index contributed by atoms with van der Waals surface area (Å²) in [5, 5.41) is 11.4. The van der Waals surface area contributed by atoms with Gasteiger partial charge in [0.15, 0.2) is 0 Å². The molecule has 1 rings (SSSR count). The SMILES string of the molecule is CCC(C)(C#N)NC(=O)c1ccc(C(F)(F)F)cc1. The lowest BCUT2D eigenvalue weighted by Gasteiger charge is -2.21. The summed E-state index contributed by atoms with van der Waals surface area (Å²) in [5.74, 6) is -0.570. The largest absolute Gasteiger partial charge is 0.416 e. The zero-order chi connectivity index (χ0) is 14.7. The fourth-order valence-corrected chi connectivity index (χ4v) is 1.33. The maximum Gasteiger partial charge on any atom is 0.416 e. The van der Waals surface area contributed by atoms with Crippen molar-refractivity contribution in [1.29, 1.82) is 5.26 Å². The van der Waals surface area contributed by atoms with E-state index in [2.05, 4.69) is 5.32 Å². The van der Waals surface area contributed by atoms with E-state index in [4.69, 9.17) is 5.26 Å². The molecule has 0 radical (unpaired) electrons. The summed E-state index contributed by atoms with van der Waals surface area (Å²) in [6.07, 6.45) is -4.03. The van der Waals surface area contributed by atoms with E-state index in [1.807, 2.05) is 6.07 Å². The van der Waals surface area contributed by atoms with Crippen LogP contribution >= 0.6 is 0 Å². The first kappa shape index (κ1) is 15.0. The van der Waals surface area contributed by atoms with Crippen molar-refractivity contribution in [1.82, 2.24) is 5.32 Å². The zero-order valence-corrected chi connectivity index (χ0v) is 10.5. The van der Waals surface area contributed by atoms with Crippen LogP contribution in [0.15, 0.2) is 24.3 Å². The van der Waals surface area contributed by atoms with Crippen molar-refractivity contribution in [2.75, 3.05) is 0 Å². The van der Waals surface area contributed by atoms with E-state index in [0.29, 0.717) is 6.42 Å². The van der Waals surface area contributed by atoms with Crippen LogP contribution in [0.25, 0.3) is 0 Å². The molecule has 0 aliphatic carbocycles. The van der Waals surface area contributed by atoms with Crippen molar-refractivity contribution in [2.45, 2.75) is 32.0 Å². The summed E-state index contributed by atoms with van der Waals surface area (Å²) >= 11 is 0. The zero-order valence-electron chi connectivity index (χ0n) is 10.5. The number of hydrogen-bond donors (Lipinski definition) is 1. The van der Waals surface area contributed by atoms with Crippen molar-refractivity contribution in [3.8, 4) is 6.07 Å². The predicted molar refractivity (Wildman–Crippen MR) is 63.2 cm³/mol. The molecule has 0 heterocycles. The van der Waals surface area contributed by atoms with Gasteiger partial charge in [-0.2, -0.15) is 18.4 Å². The van der Waals surface area contributed by atoms with Gasteiger partial charge in [-0.15, -0.1) is 0 Å². The predicted octanol–water partition coefficient (Wildman–Crippen LogP) is 3.13. The van der Waals surface area contributed by atoms with Gasteiger partial charge in [-0.05, 0) is 37.6 Å². The monoisotopic (exact) mass is 270 g/mol. The Morgan fingerprint density at radius 3 is 2.21 bits per heavy atom. The molecular weight excluding hydrogens is 257 g/mol. The topological polar surface area (TPSA) is 52.9 Å². The first-order valence-corrected chi connectivity index (χ1v) is 5.63. The highest BCUT2D eigenvalue weighted by atomic mass is 19.4. The molecule has 0 fully saturated rings. The van der Waals surface area contributed by atoms with Crippen LogP contribution in [0.4, 0.5) is 13.2 Å². The second kappa shape index (κ2) is 5.31. The van der Waals surface area contributed by atoms with E-state index in [1.165, 1.54) is 0 Å². The third-order valence-corrected chi connectivity index (χ3v) is 2.82. The van der Waals surface area contributed by atoms with Crippen molar-refractivity contribution < 1.29 is 18.0 Å². The van der Waals surface area contributed by atoms with Gasteiger partial charge in [0.25, 0.3) is 5.91 Å². The first-order valence-electron chi connectivity index (χ1n) is 5.63. The number of benzene rings is 1. The standard InChI is InChI=1S/C13H13F3N2O/c1-3-12(2,8-17)18-11(19)9-4-6-10(7-5-9)13(14,15)16/h4-7H,3H2,1-2H3,(H,18,19). The maximum absolute atomic E-state index is 12.4. The van der Waals surface area contributed by atoms with Gasteiger partial charge in [-0.1, -0.05) is 6.92 Å². The Hall–Kier alpha value is -2.03. The average Bonchev–Trinajstić information content (AvgIpc) is 2.37. The summed E-state index contributed by atoms with van der Waals surface area (Å²) in [6, 6.07) is 5.81. The van der Waals surface area contributed by atoms with Crippen molar-refractivity contribution in [2.24, 2.45) is 0 Å². The lowest BCUT2D eigenvalue weighted by molar-refractivity contribution is -0.137. The molecule has 3 nitrogen and oxygen atoms in total. The minimum atomic E-state index is -4.43. The Bertz CT molecular complexity index is 502. The Morgan fingerprint density at radius 2 is 1.84 bits per heavy atom. The normalized spacial score (nSPS) is 14.3. The van der Waals surface area contributed by atoms with E-state index in [-0.39, 0.29) is 5.56 Å². The van der Waals surface area contributed by atoms with E-state index in [0.717, 1.165) is 24.3 Å². The molecule has 0 aliphatic heterocycles. The van der Waals surface area contributed by atoms with Crippen LogP contribution in [-0.2, 0) is 6.18 Å². The molecular formula is C13H13F3N2O. The summed E-state index contributed by atoms with van der Waals surface area (Å²) in [5.41, 5.74) is -1.76. The van der Waals surface area contributed by atoms with E-state index < -0.39 is 23.2 Å². The van der Waals surface area contributed by atoms with Gasteiger partial charge in [-0.25, -0.2) is 0 Å². The Labute approximate surface area is 109 Å². The Morgan fingerprint density at radius 1 is 1.32 bits per heavy atom. The molecule has 1 unspecified atom stereocenters. The number of nitrogens with one attached hydrogen (secondary N) is 1. The molecule has 102 valence electrons. The fraction of sp³-hybridized carbons (Fsp3) is 0.385. The second-order valence-corrected chi connectivity index (χ2v) is 4.33. The van der Waals surface area contributed by atoms with Crippen molar-refractivity contribution >= 4 is 5.91 Å². The first-order chi connectivity index (χ1) is 8.72. The second-order valence-electron chi connectivity index (χ2n) is 4.33. The highest BCUT2D eigenvalue weighted by Gasteiger charge is 2.30. The van der Waals surface area contributed by atoms with Gasteiger partial charge in [0, 0.05) is 5.56 Å². The number of hydrogen-bond acceptors (Lipinski definition) is 2. The number of carbonyl (C=O) groups is 1. The van der Waals surface area contributed by atoms with Crippen LogP contribution in [-0.4, -0.2) is 11.4 Å². The molecule has 0 aliphatic rings. The Balaban J connectivity index is 2.88. The van der Waals surface area contributed by atoms with Crippen LogP contribution in [0.2, 0.25) is 0 Å². The maximum atomic E-state index is 12.4. The van der Waals surface area contributed by atoms with Crippen molar-refractivity contribution in [3.05, 3.63) is 35.4 Å². The van der Waals surface area contributed by atoms with Crippen LogP contribution in [0.5, 0.6) is 0 Å². The molecule has 1 N–H and O–H groups in total. The van der Waals surface area contributed by atoms with E-state index in [9.17, 15) is 18.0 Å². The Kier molecular flexibility index (Phi) is 4.20. The molecule has 19 heavy (non-hydrogen) atoms. The van der Waals surface area contributed by atoms with Crippen LogP contribution < -0.4 is 5.32 Å². The number of nitriles is 1. The van der Waals surface area contributed by atoms with Crippen LogP contribution in [0.1, 0.15) is 36.2 Å². The molecule has 6 heteroatoms. The van der Waals surface area contributed by atoms with Gasteiger partial charge < -0.3 is 5.32 Å². The third-order valence-electron chi connectivity index (χ3n) is 2.82. The van der Waals surface area contributed by atoms with E-state index in [1.54, 1.807) is 13.8 Å². The molecule has 0 aromatic heterocycles. The molecule has 0 bridgehead atoms. The van der Waals surface area contributed by atoms with Gasteiger partial charge in [-0.3, -0.25) is 4.79 Å². The number of carbonyl (C=O) groups excluding carboxylic acids is 1. The summed E-state index contributed by atoms with van der Waals surface area (Å²) in [7, 11) is 0. The summed E-state index contributed by atoms with van der Waals surface area (Å²) < 4.78 is 37.1. The lowest BCUT2D eigenvalue weighted by atomic mass is 10.0. The summed E-state index contributed by atoms with van der Waals surface area (Å²) in [4.78, 5) is 11.8. The molecule has 1 amide bonds. The number of alkyl halides is 3. The molecule has 1 atom stereocenters. The molecule has 1 aromatic carbocycles. The molecule has 0 saturated carbocycles. The molecule has 1 aromatic rings. The van der Waals surface area contributed by atoms with E-state index >= 15 is 0 Å². The van der Waals surface area contributed by atoms with Crippen LogP contribution in [0.3, 0.4) is 0 Å². The fourth-order valence-electron chi connectivity index (χ4n) is 1.33. The van der Waals surface area contributed by atoms with Gasteiger partial charge in [0.1, 0.15) is 5.54 Å². The van der Waals surface area contributed by atoms with Crippen LogP contribution in [0, 0.1) is 11.3 Å². The quantitative estimate of drug-likeness (QED) is 0.917. The number of rotatable bonds is 3. The van der Waals surface area contributed by atoms with Gasteiger partial charge in [0.05, 0.1) is 11.6 Å². The highest BCUT2D eigenvalue weighted by Crippen LogP contribution is 2.29. The average molecular weight is 270 g/mol. The third kappa shape index (κ3) is 3.71. The minimum absolute atomic E-state index is 0.0860. The molecule has 0 spiro atoms. The lowest BCUT2D eigenvalue weighted by Crippen LogP contribution is -2.44. The highest BCUT2D eigenvalue weighted by molar-refractivity contribution is 5.94. The number of amides is 1. The molecule has 0 saturated heterocycles. The number of halogens is 3. The number of nitrogens with zero attached hydrogens (tertiary/aromatic N) is 1. The van der Waals surface area contributed by atoms with Gasteiger partial charge >= 0.3 is 6.18 Å². The van der Waals surface area contributed by atoms with Gasteiger partial charge in [0.2, 0.25) is 0 Å². The minimum Gasteiger partial charge on any atom is -0.334 e.